The van der Waals surface area contributed by atoms with Gasteiger partial charge in [-0.1, -0.05) is 6.92 Å². The second-order valence-electron chi connectivity index (χ2n) is 2.99. The topological polar surface area (TPSA) is 54.0 Å². The van der Waals surface area contributed by atoms with E-state index in [0.717, 1.165) is 17.9 Å². The molecule has 4 heteroatoms. The average molecular weight is 177 g/mol. The molecule has 0 spiro atoms. The first-order valence-electron chi connectivity index (χ1n) is 4.33. The zero-order chi connectivity index (χ0) is 9.26. The Balaban J connectivity index is 2.33. The number of anilines is 2. The van der Waals surface area contributed by atoms with Crippen LogP contribution in [-0.4, -0.2) is 16.9 Å². The number of amides is 1. The van der Waals surface area contributed by atoms with E-state index in [4.69, 9.17) is 0 Å². The number of aromatic nitrogens is 1. The van der Waals surface area contributed by atoms with Crippen LogP contribution in [-0.2, 0) is 4.79 Å². The summed E-state index contributed by atoms with van der Waals surface area (Å²) in [6, 6.07) is 3.48. The summed E-state index contributed by atoms with van der Waals surface area (Å²) in [5.74, 6) is 0.775. The third kappa shape index (κ3) is 1.35. The van der Waals surface area contributed by atoms with Crippen molar-refractivity contribution in [3.63, 3.8) is 0 Å². The molecule has 1 aliphatic heterocycles. The first kappa shape index (κ1) is 8.04. The Kier molecular flexibility index (Phi) is 1.88. The monoisotopic (exact) mass is 177 g/mol. The van der Waals surface area contributed by atoms with Gasteiger partial charge in [0.05, 0.1) is 5.69 Å². The van der Waals surface area contributed by atoms with E-state index in [0.29, 0.717) is 0 Å². The number of pyridine rings is 1. The lowest BCUT2D eigenvalue weighted by molar-refractivity contribution is -0.117. The summed E-state index contributed by atoms with van der Waals surface area (Å²) in [5, 5.41) is 5.87. The van der Waals surface area contributed by atoms with Crippen LogP contribution in [0.25, 0.3) is 0 Å². The highest BCUT2D eigenvalue weighted by atomic mass is 16.2. The third-order valence-electron chi connectivity index (χ3n) is 2.10. The number of rotatable bonds is 1. The Morgan fingerprint density at radius 2 is 2.46 bits per heavy atom. The molecular weight excluding hydrogens is 166 g/mol. The predicted octanol–water partition coefficient (Wildman–Crippen LogP) is 1.22. The maximum atomic E-state index is 11.4. The summed E-state index contributed by atoms with van der Waals surface area (Å²) in [7, 11) is 0. The highest BCUT2D eigenvalue weighted by molar-refractivity contribution is 6.01. The maximum Gasteiger partial charge on any atom is 0.246 e. The van der Waals surface area contributed by atoms with E-state index in [1.807, 2.05) is 13.0 Å². The summed E-state index contributed by atoms with van der Waals surface area (Å²) in [6.45, 7) is 1.96. The molecule has 13 heavy (non-hydrogen) atoms. The summed E-state index contributed by atoms with van der Waals surface area (Å²) in [4.78, 5) is 15.5. The van der Waals surface area contributed by atoms with E-state index >= 15 is 0 Å². The van der Waals surface area contributed by atoms with Crippen LogP contribution in [0, 0.1) is 0 Å². The van der Waals surface area contributed by atoms with Crippen molar-refractivity contribution < 1.29 is 4.79 Å². The van der Waals surface area contributed by atoms with E-state index in [-0.39, 0.29) is 11.9 Å². The van der Waals surface area contributed by atoms with Gasteiger partial charge in [0.2, 0.25) is 5.91 Å². The molecule has 2 heterocycles. The molecule has 1 aromatic heterocycles. The quantitative estimate of drug-likeness (QED) is 0.678. The highest BCUT2D eigenvalue weighted by Crippen LogP contribution is 2.23. The van der Waals surface area contributed by atoms with E-state index in [1.165, 1.54) is 0 Å². The van der Waals surface area contributed by atoms with Gasteiger partial charge >= 0.3 is 0 Å². The minimum atomic E-state index is -0.151. The van der Waals surface area contributed by atoms with Crippen LogP contribution in [0.5, 0.6) is 0 Å². The molecule has 4 nitrogen and oxygen atoms in total. The average Bonchev–Trinajstić information content (AvgIpc) is 2.17. The lowest BCUT2D eigenvalue weighted by Gasteiger charge is -2.24. The number of carbonyl (C=O) groups is 1. The molecule has 0 saturated heterocycles. The fourth-order valence-electron chi connectivity index (χ4n) is 1.36. The van der Waals surface area contributed by atoms with Gasteiger partial charge in [-0.3, -0.25) is 4.79 Å². The Morgan fingerprint density at radius 1 is 1.62 bits per heavy atom. The van der Waals surface area contributed by atoms with Gasteiger partial charge in [-0.2, -0.15) is 0 Å². The molecule has 0 radical (unpaired) electrons. The molecule has 0 saturated carbocycles. The van der Waals surface area contributed by atoms with Crippen molar-refractivity contribution in [3.8, 4) is 0 Å². The molecule has 1 amide bonds. The Hall–Kier alpha value is -1.58. The van der Waals surface area contributed by atoms with Crippen molar-refractivity contribution in [2.45, 2.75) is 19.4 Å². The summed E-state index contributed by atoms with van der Waals surface area (Å²) >= 11 is 0. The fourth-order valence-corrected chi connectivity index (χ4v) is 1.36. The van der Waals surface area contributed by atoms with Crippen molar-refractivity contribution in [1.29, 1.82) is 0 Å². The fraction of sp³-hybridized carbons (Fsp3) is 0.333. The Bertz CT molecular complexity index is 337. The minimum absolute atomic E-state index is 0.0167. The second kappa shape index (κ2) is 3.05. The normalized spacial score (nSPS) is 20.1. The van der Waals surface area contributed by atoms with Crippen molar-refractivity contribution in [2.24, 2.45) is 0 Å². The summed E-state index contributed by atoms with van der Waals surface area (Å²) in [5.41, 5.74) is 0.761. The van der Waals surface area contributed by atoms with Gasteiger partial charge in [-0.05, 0) is 18.6 Å². The SMILES string of the molecule is CC[C@@H]1Nc2ncccc2NC1=O. The lowest BCUT2D eigenvalue weighted by atomic mass is 10.1. The number of nitrogens with zero attached hydrogens (tertiary/aromatic N) is 1. The van der Waals surface area contributed by atoms with Crippen LogP contribution in [0.1, 0.15) is 13.3 Å². The minimum Gasteiger partial charge on any atom is -0.357 e. The first-order valence-corrected chi connectivity index (χ1v) is 4.33. The van der Waals surface area contributed by atoms with Gasteiger partial charge < -0.3 is 10.6 Å². The maximum absolute atomic E-state index is 11.4. The molecule has 2 rings (SSSR count). The summed E-state index contributed by atoms with van der Waals surface area (Å²) in [6.07, 6.45) is 2.47. The molecule has 0 unspecified atom stereocenters. The number of hydrogen-bond donors (Lipinski definition) is 2. The Labute approximate surface area is 76.4 Å². The lowest BCUT2D eigenvalue weighted by Crippen LogP contribution is -2.38. The van der Waals surface area contributed by atoms with Crippen LogP contribution in [0.4, 0.5) is 11.5 Å². The smallest absolute Gasteiger partial charge is 0.246 e. The van der Waals surface area contributed by atoms with Crippen molar-refractivity contribution in [1.82, 2.24) is 4.98 Å². The number of fused-ring (bicyclic) bond motifs is 1. The summed E-state index contributed by atoms with van der Waals surface area (Å²) < 4.78 is 0. The highest BCUT2D eigenvalue weighted by Gasteiger charge is 2.23. The Morgan fingerprint density at radius 3 is 3.23 bits per heavy atom. The van der Waals surface area contributed by atoms with Gasteiger partial charge in [0, 0.05) is 6.20 Å². The predicted molar refractivity (Wildman–Crippen MR) is 50.6 cm³/mol. The van der Waals surface area contributed by atoms with Gasteiger partial charge in [0.15, 0.2) is 0 Å². The first-order chi connectivity index (χ1) is 6.31. The van der Waals surface area contributed by atoms with Gasteiger partial charge in [0.25, 0.3) is 0 Å². The van der Waals surface area contributed by atoms with Gasteiger partial charge in [0.1, 0.15) is 11.9 Å². The van der Waals surface area contributed by atoms with Crippen LogP contribution >= 0.6 is 0 Å². The molecule has 0 bridgehead atoms. The molecule has 0 aliphatic carbocycles. The molecule has 1 aliphatic rings. The number of carbonyl (C=O) groups excluding carboxylic acids is 1. The standard InChI is InChI=1S/C9H11N3O/c1-2-6-9(13)12-7-4-3-5-10-8(7)11-6/h3-6H,2H2,1H3,(H,10,11)(H,12,13)/t6-/m0/s1. The molecular formula is C9H11N3O. The molecule has 68 valence electrons. The molecule has 1 atom stereocenters. The second-order valence-corrected chi connectivity index (χ2v) is 2.99. The molecule has 0 fully saturated rings. The number of nitrogens with one attached hydrogen (secondary N) is 2. The van der Waals surface area contributed by atoms with E-state index < -0.39 is 0 Å². The zero-order valence-electron chi connectivity index (χ0n) is 7.37. The third-order valence-corrected chi connectivity index (χ3v) is 2.10. The van der Waals surface area contributed by atoms with Crippen molar-refractivity contribution >= 4 is 17.4 Å². The van der Waals surface area contributed by atoms with E-state index in [1.54, 1.807) is 12.3 Å². The van der Waals surface area contributed by atoms with Crippen LogP contribution in [0.3, 0.4) is 0 Å². The van der Waals surface area contributed by atoms with Crippen LogP contribution in [0.15, 0.2) is 18.3 Å². The van der Waals surface area contributed by atoms with Gasteiger partial charge in [-0.15, -0.1) is 0 Å². The van der Waals surface area contributed by atoms with Gasteiger partial charge in [-0.25, -0.2) is 4.98 Å². The molecule has 2 N–H and O–H groups in total. The zero-order valence-corrected chi connectivity index (χ0v) is 7.37. The number of hydrogen-bond acceptors (Lipinski definition) is 3. The van der Waals surface area contributed by atoms with Crippen molar-refractivity contribution in [2.75, 3.05) is 10.6 Å². The van der Waals surface area contributed by atoms with Crippen LogP contribution < -0.4 is 10.6 Å². The van der Waals surface area contributed by atoms with Crippen molar-refractivity contribution in [3.05, 3.63) is 18.3 Å². The van der Waals surface area contributed by atoms with E-state index in [2.05, 4.69) is 15.6 Å². The molecule has 0 aromatic carbocycles. The molecule has 1 aromatic rings. The largest absolute Gasteiger partial charge is 0.357 e. The van der Waals surface area contributed by atoms with E-state index in [9.17, 15) is 4.79 Å². The van der Waals surface area contributed by atoms with Crippen LogP contribution in [0.2, 0.25) is 0 Å².